The fourth-order valence-corrected chi connectivity index (χ4v) is 2.63. The third kappa shape index (κ3) is 2.25. The molecular formula is C11H18N2O2S. The van der Waals surface area contributed by atoms with E-state index in [1.54, 1.807) is 0 Å². The van der Waals surface area contributed by atoms with Gasteiger partial charge in [0.1, 0.15) is 5.60 Å². The largest absolute Gasteiger partial charge is 0.365 e. The van der Waals surface area contributed by atoms with Crippen LogP contribution in [0.4, 0.5) is 0 Å². The maximum Gasteiger partial charge on any atom is 0.258 e. The average molecular weight is 242 g/mol. The summed E-state index contributed by atoms with van der Waals surface area (Å²) in [4.78, 5) is 4.46. The zero-order valence-electron chi connectivity index (χ0n) is 10.0. The Morgan fingerprint density at radius 1 is 1.56 bits per heavy atom. The Hall–Kier alpha value is -0.550. The number of hydrogen-bond donors (Lipinski definition) is 0. The van der Waals surface area contributed by atoms with E-state index >= 15 is 0 Å². The van der Waals surface area contributed by atoms with Crippen molar-refractivity contribution < 1.29 is 9.26 Å². The summed E-state index contributed by atoms with van der Waals surface area (Å²) in [6, 6.07) is 0. The van der Waals surface area contributed by atoms with Gasteiger partial charge in [0, 0.05) is 6.61 Å². The van der Waals surface area contributed by atoms with Crippen molar-refractivity contribution in [2.24, 2.45) is 0 Å². The van der Waals surface area contributed by atoms with Crippen LogP contribution in [-0.2, 0) is 10.3 Å². The molecule has 2 unspecified atom stereocenters. The third-order valence-electron chi connectivity index (χ3n) is 2.89. The average Bonchev–Trinajstić information content (AvgIpc) is 2.86. The van der Waals surface area contributed by atoms with Crippen molar-refractivity contribution in [2.45, 2.75) is 44.5 Å². The van der Waals surface area contributed by atoms with Gasteiger partial charge < -0.3 is 9.26 Å². The molecule has 16 heavy (non-hydrogen) atoms. The monoisotopic (exact) mass is 242 g/mol. The predicted octanol–water partition coefficient (Wildman–Crippen LogP) is 2.91. The van der Waals surface area contributed by atoms with E-state index in [0.717, 1.165) is 31.0 Å². The standard InChI is InChI=1S/C11H18N2O2S/c1-4-16-8(2)9-12-10(15-13-9)11(3)6-5-7-14-11/h8H,4-7H2,1-3H3. The molecule has 2 atom stereocenters. The fraction of sp³-hybridized carbons (Fsp3) is 0.818. The Morgan fingerprint density at radius 3 is 3.00 bits per heavy atom. The molecule has 0 spiro atoms. The Labute approximate surface area is 100 Å². The third-order valence-corrected chi connectivity index (χ3v) is 3.94. The van der Waals surface area contributed by atoms with E-state index in [9.17, 15) is 0 Å². The van der Waals surface area contributed by atoms with E-state index < -0.39 is 0 Å². The summed E-state index contributed by atoms with van der Waals surface area (Å²) in [5.41, 5.74) is -0.359. The molecule has 2 heterocycles. The molecule has 5 heteroatoms. The molecule has 0 saturated carbocycles. The number of aromatic nitrogens is 2. The summed E-state index contributed by atoms with van der Waals surface area (Å²) in [5.74, 6) is 2.46. The molecule has 1 aliphatic heterocycles. The highest BCUT2D eigenvalue weighted by molar-refractivity contribution is 7.99. The summed E-state index contributed by atoms with van der Waals surface area (Å²) >= 11 is 1.81. The Morgan fingerprint density at radius 2 is 2.38 bits per heavy atom. The lowest BCUT2D eigenvalue weighted by Crippen LogP contribution is -2.20. The van der Waals surface area contributed by atoms with Crippen molar-refractivity contribution in [3.63, 3.8) is 0 Å². The summed E-state index contributed by atoms with van der Waals surface area (Å²) in [6.07, 6.45) is 2.03. The van der Waals surface area contributed by atoms with Crippen LogP contribution < -0.4 is 0 Å². The highest BCUT2D eigenvalue weighted by Gasteiger charge is 2.37. The molecule has 0 bridgehead atoms. The molecule has 0 amide bonds. The van der Waals surface area contributed by atoms with Crippen LogP contribution in [0.5, 0.6) is 0 Å². The van der Waals surface area contributed by atoms with Gasteiger partial charge in [0.15, 0.2) is 5.82 Å². The van der Waals surface area contributed by atoms with Crippen LogP contribution in [0.2, 0.25) is 0 Å². The van der Waals surface area contributed by atoms with Gasteiger partial charge in [0.25, 0.3) is 5.89 Å². The van der Waals surface area contributed by atoms with E-state index in [1.807, 2.05) is 18.7 Å². The Balaban J connectivity index is 2.12. The second kappa shape index (κ2) is 4.75. The molecule has 1 fully saturated rings. The Kier molecular flexibility index (Phi) is 3.54. The van der Waals surface area contributed by atoms with Crippen LogP contribution in [0.3, 0.4) is 0 Å². The minimum atomic E-state index is -0.359. The van der Waals surface area contributed by atoms with Crippen LogP contribution >= 0.6 is 11.8 Å². The molecule has 2 rings (SSSR count). The first-order chi connectivity index (χ1) is 7.65. The molecule has 90 valence electrons. The number of ether oxygens (including phenoxy) is 1. The molecule has 1 aliphatic rings. The number of hydrogen-bond acceptors (Lipinski definition) is 5. The molecular weight excluding hydrogens is 224 g/mol. The molecule has 1 aromatic heterocycles. The lowest BCUT2D eigenvalue weighted by Gasteiger charge is -2.17. The summed E-state index contributed by atoms with van der Waals surface area (Å²) < 4.78 is 11.0. The zero-order valence-corrected chi connectivity index (χ0v) is 10.8. The van der Waals surface area contributed by atoms with E-state index in [4.69, 9.17) is 9.26 Å². The van der Waals surface area contributed by atoms with Gasteiger partial charge in [-0.2, -0.15) is 16.7 Å². The SMILES string of the molecule is CCSC(C)c1noc(C2(C)CCCO2)n1. The first kappa shape index (κ1) is 11.9. The maximum absolute atomic E-state index is 5.68. The molecule has 0 radical (unpaired) electrons. The van der Waals surface area contributed by atoms with Crippen LogP contribution in [0.1, 0.15) is 50.6 Å². The molecule has 0 aromatic carbocycles. The molecule has 0 N–H and O–H groups in total. The Bertz CT molecular complexity index is 348. The lowest BCUT2D eigenvalue weighted by molar-refractivity contribution is -0.00937. The smallest absolute Gasteiger partial charge is 0.258 e. The van der Waals surface area contributed by atoms with Crippen LogP contribution in [0.15, 0.2) is 4.52 Å². The maximum atomic E-state index is 5.68. The quantitative estimate of drug-likeness (QED) is 0.812. The van der Waals surface area contributed by atoms with Crippen molar-refractivity contribution in [3.8, 4) is 0 Å². The minimum absolute atomic E-state index is 0.285. The van der Waals surface area contributed by atoms with Crippen molar-refractivity contribution in [2.75, 3.05) is 12.4 Å². The van der Waals surface area contributed by atoms with Gasteiger partial charge in [0.2, 0.25) is 0 Å². The summed E-state index contributed by atoms with van der Waals surface area (Å²) in [5, 5.41) is 4.32. The van der Waals surface area contributed by atoms with Gasteiger partial charge in [-0.1, -0.05) is 12.1 Å². The van der Waals surface area contributed by atoms with Crippen molar-refractivity contribution >= 4 is 11.8 Å². The van der Waals surface area contributed by atoms with Crippen LogP contribution in [0, 0.1) is 0 Å². The van der Waals surface area contributed by atoms with Gasteiger partial charge >= 0.3 is 0 Å². The lowest BCUT2D eigenvalue weighted by atomic mass is 10.0. The van der Waals surface area contributed by atoms with Gasteiger partial charge in [-0.25, -0.2) is 0 Å². The minimum Gasteiger partial charge on any atom is -0.365 e. The number of rotatable bonds is 4. The van der Waals surface area contributed by atoms with E-state index in [1.165, 1.54) is 0 Å². The molecule has 0 aliphatic carbocycles. The number of nitrogens with zero attached hydrogens (tertiary/aromatic N) is 2. The zero-order chi connectivity index (χ0) is 11.6. The van der Waals surface area contributed by atoms with Gasteiger partial charge in [-0.3, -0.25) is 0 Å². The molecule has 1 saturated heterocycles. The second-order valence-corrected chi connectivity index (χ2v) is 5.86. The highest BCUT2D eigenvalue weighted by Crippen LogP contribution is 2.35. The van der Waals surface area contributed by atoms with Crippen molar-refractivity contribution in [1.29, 1.82) is 0 Å². The van der Waals surface area contributed by atoms with Crippen LogP contribution in [-0.4, -0.2) is 22.5 Å². The second-order valence-electron chi connectivity index (χ2n) is 4.24. The predicted molar refractivity (Wildman–Crippen MR) is 63.4 cm³/mol. The first-order valence-corrected chi connectivity index (χ1v) is 6.80. The van der Waals surface area contributed by atoms with E-state index in [0.29, 0.717) is 5.89 Å². The normalized spacial score (nSPS) is 27.2. The van der Waals surface area contributed by atoms with Crippen molar-refractivity contribution in [1.82, 2.24) is 10.1 Å². The summed E-state index contributed by atoms with van der Waals surface area (Å²) in [6.45, 7) is 7.03. The molecule has 1 aromatic rings. The van der Waals surface area contributed by atoms with Gasteiger partial charge in [-0.15, -0.1) is 0 Å². The van der Waals surface area contributed by atoms with Crippen LogP contribution in [0.25, 0.3) is 0 Å². The van der Waals surface area contributed by atoms with Gasteiger partial charge in [0.05, 0.1) is 5.25 Å². The van der Waals surface area contributed by atoms with Gasteiger partial charge in [-0.05, 0) is 32.4 Å². The van der Waals surface area contributed by atoms with Crippen molar-refractivity contribution in [3.05, 3.63) is 11.7 Å². The fourth-order valence-electron chi connectivity index (χ4n) is 1.89. The summed E-state index contributed by atoms with van der Waals surface area (Å²) in [7, 11) is 0. The highest BCUT2D eigenvalue weighted by atomic mass is 32.2. The van der Waals surface area contributed by atoms with E-state index in [2.05, 4.69) is 24.0 Å². The first-order valence-electron chi connectivity index (χ1n) is 5.75. The topological polar surface area (TPSA) is 48.2 Å². The van der Waals surface area contributed by atoms with E-state index in [-0.39, 0.29) is 10.9 Å². The molecule has 4 nitrogen and oxygen atoms in total. The number of thioether (sulfide) groups is 1.